The van der Waals surface area contributed by atoms with Crippen molar-refractivity contribution in [2.45, 2.75) is 32.0 Å². The van der Waals surface area contributed by atoms with Gasteiger partial charge in [0.05, 0.1) is 10.2 Å². The second-order valence-electron chi connectivity index (χ2n) is 6.89. The maximum atomic E-state index is 13.7. The third-order valence-corrected chi connectivity index (χ3v) is 6.37. The summed E-state index contributed by atoms with van der Waals surface area (Å²) >= 11 is 2.78. The molecule has 0 saturated carbocycles. The largest absolute Gasteiger partial charge is 0.429 e. The summed E-state index contributed by atoms with van der Waals surface area (Å²) in [7, 11) is 0. The van der Waals surface area contributed by atoms with Gasteiger partial charge in [-0.05, 0) is 26.0 Å². The summed E-state index contributed by atoms with van der Waals surface area (Å²) in [5.74, 6) is 0.00865. The van der Waals surface area contributed by atoms with Crippen molar-refractivity contribution in [2.24, 2.45) is 0 Å². The molecule has 4 rings (SSSR count). The first-order valence-corrected chi connectivity index (χ1v) is 10.6. The van der Waals surface area contributed by atoms with Gasteiger partial charge in [-0.3, -0.25) is 0 Å². The first-order valence-electron chi connectivity index (χ1n) is 8.88. The van der Waals surface area contributed by atoms with Gasteiger partial charge in [-0.15, -0.1) is 11.3 Å². The van der Waals surface area contributed by atoms with Gasteiger partial charge in [-0.1, -0.05) is 11.3 Å². The molecular weight excluding hydrogens is 406 g/mol. The number of benzene rings is 1. The van der Waals surface area contributed by atoms with Crippen molar-refractivity contribution in [3.63, 3.8) is 0 Å². The van der Waals surface area contributed by atoms with Crippen LogP contribution < -0.4 is 15.0 Å². The number of aliphatic hydroxyl groups excluding tert-OH is 1. The SMILES string of the molecule is CC1CN(c2nc3c(-c4nccs4)ccc(OC(F)(F)CO)c3s2)CC(C)N1. The Morgan fingerprint density at radius 1 is 1.32 bits per heavy atom. The maximum absolute atomic E-state index is 13.7. The third kappa shape index (κ3) is 3.82. The topological polar surface area (TPSA) is 70.5 Å². The summed E-state index contributed by atoms with van der Waals surface area (Å²) in [6, 6.07) is 3.77. The maximum Gasteiger partial charge on any atom is 0.421 e. The zero-order chi connectivity index (χ0) is 19.9. The lowest BCUT2D eigenvalue weighted by Crippen LogP contribution is -2.54. The minimum atomic E-state index is -3.65. The van der Waals surface area contributed by atoms with E-state index in [4.69, 9.17) is 14.8 Å². The molecule has 1 saturated heterocycles. The van der Waals surface area contributed by atoms with E-state index in [9.17, 15) is 8.78 Å². The van der Waals surface area contributed by atoms with Gasteiger partial charge >= 0.3 is 6.11 Å². The highest BCUT2D eigenvalue weighted by Crippen LogP contribution is 2.42. The molecule has 3 aromatic rings. The van der Waals surface area contributed by atoms with Crippen LogP contribution in [0.4, 0.5) is 13.9 Å². The van der Waals surface area contributed by atoms with Crippen LogP contribution in [0.25, 0.3) is 20.8 Å². The first kappa shape index (κ1) is 19.4. The third-order valence-electron chi connectivity index (χ3n) is 4.43. The van der Waals surface area contributed by atoms with Crippen LogP contribution in [-0.4, -0.2) is 53.0 Å². The summed E-state index contributed by atoms with van der Waals surface area (Å²) in [6.45, 7) is 4.38. The number of anilines is 1. The number of alkyl halides is 2. The zero-order valence-corrected chi connectivity index (χ0v) is 17.0. The molecule has 28 heavy (non-hydrogen) atoms. The second kappa shape index (κ2) is 7.51. The second-order valence-corrected chi connectivity index (χ2v) is 8.77. The number of piperazine rings is 1. The summed E-state index contributed by atoms with van der Waals surface area (Å²) in [5, 5.41) is 15.7. The molecule has 2 atom stereocenters. The predicted molar refractivity (Wildman–Crippen MR) is 108 cm³/mol. The number of nitrogens with one attached hydrogen (secondary N) is 1. The minimum absolute atomic E-state index is 0.00865. The van der Waals surface area contributed by atoms with Crippen LogP contribution in [0, 0.1) is 0 Å². The van der Waals surface area contributed by atoms with E-state index in [-0.39, 0.29) is 5.75 Å². The Morgan fingerprint density at radius 2 is 2.07 bits per heavy atom. The van der Waals surface area contributed by atoms with Crippen molar-refractivity contribution in [2.75, 3.05) is 24.6 Å². The summed E-state index contributed by atoms with van der Waals surface area (Å²) in [6.07, 6.45) is -1.96. The molecule has 2 unspecified atom stereocenters. The van der Waals surface area contributed by atoms with Crippen molar-refractivity contribution in [1.29, 1.82) is 0 Å². The Labute approximate surface area is 168 Å². The standard InChI is InChI=1S/C18H20F2N4O2S2/c1-10-7-24(8-11(2)22-10)17-23-14-12(16-21-5-6-27-16)3-4-13(15(14)28-17)26-18(19,20)9-25/h3-6,10-11,22,25H,7-9H2,1-2H3. The molecule has 10 heteroatoms. The van der Waals surface area contributed by atoms with Gasteiger partial charge in [0.1, 0.15) is 17.4 Å². The Hall–Kier alpha value is -1.88. The fourth-order valence-corrected chi connectivity index (χ4v) is 5.12. The molecule has 2 aromatic heterocycles. The van der Waals surface area contributed by atoms with Crippen molar-refractivity contribution < 1.29 is 18.6 Å². The number of hydrogen-bond donors (Lipinski definition) is 2. The van der Waals surface area contributed by atoms with E-state index in [1.54, 1.807) is 12.3 Å². The van der Waals surface area contributed by atoms with Crippen LogP contribution in [0.1, 0.15) is 13.8 Å². The highest BCUT2D eigenvalue weighted by atomic mass is 32.1. The van der Waals surface area contributed by atoms with Gasteiger partial charge in [0.2, 0.25) is 0 Å². The molecular formula is C18H20F2N4O2S2. The van der Waals surface area contributed by atoms with Crippen LogP contribution >= 0.6 is 22.7 Å². The van der Waals surface area contributed by atoms with E-state index in [0.717, 1.165) is 28.8 Å². The Morgan fingerprint density at radius 3 is 2.71 bits per heavy atom. The molecule has 1 aromatic carbocycles. The fourth-order valence-electron chi connectivity index (χ4n) is 3.39. The van der Waals surface area contributed by atoms with Crippen LogP contribution in [0.5, 0.6) is 5.75 Å². The molecule has 1 aliphatic rings. The average Bonchev–Trinajstić information content (AvgIpc) is 3.31. The van der Waals surface area contributed by atoms with E-state index in [1.165, 1.54) is 28.7 Å². The summed E-state index contributed by atoms with van der Waals surface area (Å²) < 4.78 is 32.7. The summed E-state index contributed by atoms with van der Waals surface area (Å²) in [4.78, 5) is 11.3. The number of thiazole rings is 2. The molecule has 0 radical (unpaired) electrons. The van der Waals surface area contributed by atoms with Gasteiger partial charge < -0.3 is 20.1 Å². The lowest BCUT2D eigenvalue weighted by Gasteiger charge is -2.35. The van der Waals surface area contributed by atoms with Gasteiger partial charge in [0.15, 0.2) is 5.13 Å². The molecule has 1 fully saturated rings. The minimum Gasteiger partial charge on any atom is -0.429 e. The lowest BCUT2D eigenvalue weighted by molar-refractivity contribution is -0.200. The van der Waals surface area contributed by atoms with Crippen LogP contribution in [0.2, 0.25) is 0 Å². The van der Waals surface area contributed by atoms with E-state index < -0.39 is 12.7 Å². The fraction of sp³-hybridized carbons (Fsp3) is 0.444. The highest BCUT2D eigenvalue weighted by molar-refractivity contribution is 7.22. The Balaban J connectivity index is 1.81. The quantitative estimate of drug-likeness (QED) is 0.650. The Kier molecular flexibility index (Phi) is 5.21. The average molecular weight is 427 g/mol. The molecule has 0 bridgehead atoms. The zero-order valence-electron chi connectivity index (χ0n) is 15.4. The van der Waals surface area contributed by atoms with Crippen LogP contribution in [0.15, 0.2) is 23.7 Å². The highest BCUT2D eigenvalue weighted by Gasteiger charge is 2.32. The number of hydrogen-bond acceptors (Lipinski definition) is 8. The van der Waals surface area contributed by atoms with E-state index in [0.29, 0.717) is 22.3 Å². The van der Waals surface area contributed by atoms with Gasteiger partial charge in [0, 0.05) is 42.3 Å². The van der Waals surface area contributed by atoms with Gasteiger partial charge in [-0.2, -0.15) is 8.78 Å². The predicted octanol–water partition coefficient (Wildman–Crippen LogP) is 3.57. The van der Waals surface area contributed by atoms with Gasteiger partial charge in [0.25, 0.3) is 0 Å². The molecule has 0 aliphatic carbocycles. The van der Waals surface area contributed by atoms with Crippen molar-refractivity contribution >= 4 is 38.0 Å². The van der Waals surface area contributed by atoms with E-state index in [1.807, 2.05) is 5.38 Å². The number of halogens is 2. The molecule has 1 aliphatic heterocycles. The molecule has 0 amide bonds. The van der Waals surface area contributed by atoms with Gasteiger partial charge in [-0.25, -0.2) is 9.97 Å². The lowest BCUT2D eigenvalue weighted by atomic mass is 10.1. The summed E-state index contributed by atoms with van der Waals surface area (Å²) in [5.41, 5.74) is 1.36. The number of fused-ring (bicyclic) bond motifs is 1. The monoisotopic (exact) mass is 426 g/mol. The molecule has 150 valence electrons. The smallest absolute Gasteiger partial charge is 0.421 e. The number of rotatable bonds is 5. The molecule has 3 heterocycles. The molecule has 6 nitrogen and oxygen atoms in total. The number of aliphatic hydroxyl groups is 1. The number of nitrogens with zero attached hydrogens (tertiary/aromatic N) is 3. The van der Waals surface area contributed by atoms with E-state index >= 15 is 0 Å². The number of aromatic nitrogens is 2. The first-order chi connectivity index (χ1) is 13.4. The molecule has 2 N–H and O–H groups in total. The van der Waals surface area contributed by atoms with Crippen molar-refractivity contribution in [3.05, 3.63) is 23.7 Å². The number of ether oxygens (including phenoxy) is 1. The molecule has 0 spiro atoms. The van der Waals surface area contributed by atoms with E-state index in [2.05, 4.69) is 29.0 Å². The normalized spacial score (nSPS) is 20.7. The Bertz CT molecular complexity index is 954. The van der Waals surface area contributed by atoms with Crippen molar-refractivity contribution in [1.82, 2.24) is 15.3 Å². The van der Waals surface area contributed by atoms with Crippen molar-refractivity contribution in [3.8, 4) is 16.3 Å². The van der Waals surface area contributed by atoms with Crippen LogP contribution in [-0.2, 0) is 0 Å². The van der Waals surface area contributed by atoms with Crippen LogP contribution in [0.3, 0.4) is 0 Å².